The number of likely N-dealkylation sites (N-methyl/N-ethyl adjacent to an activating group) is 1. The van der Waals surface area contributed by atoms with Crippen LogP contribution in [0.15, 0.2) is 24.5 Å². The van der Waals surface area contributed by atoms with Crippen LogP contribution in [0.4, 0.5) is 0 Å². The Bertz CT molecular complexity index is 318. The van der Waals surface area contributed by atoms with Gasteiger partial charge in [-0.15, -0.1) is 0 Å². The van der Waals surface area contributed by atoms with Gasteiger partial charge in [0.05, 0.1) is 0 Å². The highest BCUT2D eigenvalue weighted by Gasteiger charge is 2.08. The lowest BCUT2D eigenvalue weighted by molar-refractivity contribution is 0.144. The van der Waals surface area contributed by atoms with Crippen molar-refractivity contribution < 1.29 is 4.74 Å². The fourth-order valence-electron chi connectivity index (χ4n) is 1.84. The topological polar surface area (TPSA) is 37.4 Å². The first-order valence-electron chi connectivity index (χ1n) is 7.11. The van der Waals surface area contributed by atoms with Crippen LogP contribution in [0.2, 0.25) is 0 Å². The smallest absolute Gasteiger partial charge is 0.0477 e. The van der Waals surface area contributed by atoms with E-state index in [1.807, 2.05) is 19.3 Å². The van der Waals surface area contributed by atoms with Gasteiger partial charge in [-0.3, -0.25) is 9.88 Å². The van der Waals surface area contributed by atoms with Crippen LogP contribution < -0.4 is 5.32 Å². The summed E-state index contributed by atoms with van der Waals surface area (Å²) in [4.78, 5) is 6.39. The zero-order chi connectivity index (χ0) is 13.9. The Morgan fingerprint density at radius 2 is 2.11 bits per heavy atom. The maximum absolute atomic E-state index is 5.31. The SMILES string of the molecule is CCOCCCNCC(C)N(C)Cc1ccncc1. The molecule has 0 aliphatic carbocycles. The van der Waals surface area contributed by atoms with Crippen LogP contribution in [-0.2, 0) is 11.3 Å². The van der Waals surface area contributed by atoms with Gasteiger partial charge in [0.2, 0.25) is 0 Å². The van der Waals surface area contributed by atoms with Crippen LogP contribution >= 0.6 is 0 Å². The number of ether oxygens (including phenoxy) is 1. The molecule has 1 aromatic rings. The van der Waals surface area contributed by atoms with Gasteiger partial charge >= 0.3 is 0 Å². The molecule has 0 bridgehead atoms. The number of aromatic nitrogens is 1. The molecule has 19 heavy (non-hydrogen) atoms. The zero-order valence-corrected chi connectivity index (χ0v) is 12.4. The predicted octanol–water partition coefficient (Wildman–Crippen LogP) is 1.92. The maximum atomic E-state index is 5.31. The molecule has 0 fully saturated rings. The second-order valence-corrected chi connectivity index (χ2v) is 4.87. The minimum absolute atomic E-state index is 0.514. The van der Waals surface area contributed by atoms with Crippen molar-refractivity contribution in [3.05, 3.63) is 30.1 Å². The summed E-state index contributed by atoms with van der Waals surface area (Å²) in [7, 11) is 2.16. The van der Waals surface area contributed by atoms with Crippen molar-refractivity contribution in [3.8, 4) is 0 Å². The molecule has 0 amide bonds. The maximum Gasteiger partial charge on any atom is 0.0477 e. The summed E-state index contributed by atoms with van der Waals surface area (Å²) in [6.07, 6.45) is 4.77. The molecule has 108 valence electrons. The Morgan fingerprint density at radius 3 is 2.79 bits per heavy atom. The molecule has 0 spiro atoms. The van der Waals surface area contributed by atoms with Gasteiger partial charge in [0, 0.05) is 44.7 Å². The average molecular weight is 265 g/mol. The number of pyridine rings is 1. The zero-order valence-electron chi connectivity index (χ0n) is 12.4. The molecular formula is C15H27N3O. The van der Waals surface area contributed by atoms with E-state index in [0.29, 0.717) is 6.04 Å². The van der Waals surface area contributed by atoms with Crippen LogP contribution in [0.1, 0.15) is 25.8 Å². The fourth-order valence-corrected chi connectivity index (χ4v) is 1.84. The molecule has 1 unspecified atom stereocenters. The molecule has 4 nitrogen and oxygen atoms in total. The first-order chi connectivity index (χ1) is 9.24. The normalized spacial score (nSPS) is 12.8. The van der Waals surface area contributed by atoms with Gasteiger partial charge < -0.3 is 10.1 Å². The number of hydrogen-bond donors (Lipinski definition) is 1. The monoisotopic (exact) mass is 265 g/mol. The molecule has 0 saturated carbocycles. The summed E-state index contributed by atoms with van der Waals surface area (Å²) in [5.74, 6) is 0. The molecule has 0 aliphatic heterocycles. The van der Waals surface area contributed by atoms with Crippen molar-refractivity contribution in [2.45, 2.75) is 32.9 Å². The van der Waals surface area contributed by atoms with Crippen LogP contribution in [0.5, 0.6) is 0 Å². The molecule has 1 N–H and O–H groups in total. The third kappa shape index (κ3) is 7.25. The van der Waals surface area contributed by atoms with Crippen LogP contribution in [-0.4, -0.2) is 49.3 Å². The van der Waals surface area contributed by atoms with Crippen LogP contribution in [0, 0.1) is 0 Å². The van der Waals surface area contributed by atoms with E-state index in [1.54, 1.807) is 0 Å². The Morgan fingerprint density at radius 1 is 1.37 bits per heavy atom. The summed E-state index contributed by atoms with van der Waals surface area (Å²) >= 11 is 0. The largest absolute Gasteiger partial charge is 0.382 e. The summed E-state index contributed by atoms with van der Waals surface area (Å²) in [6, 6.07) is 4.65. The van der Waals surface area contributed by atoms with Crippen molar-refractivity contribution in [2.24, 2.45) is 0 Å². The number of nitrogens with zero attached hydrogens (tertiary/aromatic N) is 2. The Kier molecular flexibility index (Phi) is 8.38. The number of hydrogen-bond acceptors (Lipinski definition) is 4. The van der Waals surface area contributed by atoms with Gasteiger partial charge in [0.15, 0.2) is 0 Å². The van der Waals surface area contributed by atoms with Gasteiger partial charge in [-0.25, -0.2) is 0 Å². The van der Waals surface area contributed by atoms with Crippen molar-refractivity contribution in [2.75, 3.05) is 33.4 Å². The van der Waals surface area contributed by atoms with E-state index in [1.165, 1.54) is 5.56 Å². The Hall–Kier alpha value is -0.970. The van der Waals surface area contributed by atoms with E-state index in [9.17, 15) is 0 Å². The fraction of sp³-hybridized carbons (Fsp3) is 0.667. The van der Waals surface area contributed by atoms with E-state index < -0.39 is 0 Å². The second kappa shape index (κ2) is 9.89. The summed E-state index contributed by atoms with van der Waals surface area (Å²) < 4.78 is 5.31. The Balaban J connectivity index is 2.13. The van der Waals surface area contributed by atoms with E-state index >= 15 is 0 Å². The summed E-state index contributed by atoms with van der Waals surface area (Å²) in [6.45, 7) is 8.93. The lowest BCUT2D eigenvalue weighted by Crippen LogP contribution is -2.38. The first-order valence-corrected chi connectivity index (χ1v) is 7.11. The van der Waals surface area contributed by atoms with Crippen molar-refractivity contribution in [1.29, 1.82) is 0 Å². The van der Waals surface area contributed by atoms with Gasteiger partial charge in [-0.05, 0) is 51.6 Å². The third-order valence-electron chi connectivity index (χ3n) is 3.22. The molecular weight excluding hydrogens is 238 g/mol. The standard InChI is InChI=1S/C15H27N3O/c1-4-19-11-5-8-17-12-14(2)18(3)13-15-6-9-16-10-7-15/h6-7,9-10,14,17H,4-5,8,11-13H2,1-3H3. The first kappa shape index (κ1) is 16.1. The van der Waals surface area contributed by atoms with E-state index in [0.717, 1.165) is 39.3 Å². The molecule has 1 atom stereocenters. The van der Waals surface area contributed by atoms with E-state index in [2.05, 4.69) is 41.3 Å². The molecule has 4 heteroatoms. The minimum atomic E-state index is 0.514. The van der Waals surface area contributed by atoms with Crippen molar-refractivity contribution >= 4 is 0 Å². The third-order valence-corrected chi connectivity index (χ3v) is 3.22. The highest BCUT2D eigenvalue weighted by Crippen LogP contribution is 2.04. The molecule has 1 aromatic heterocycles. The van der Waals surface area contributed by atoms with E-state index in [4.69, 9.17) is 4.74 Å². The molecule has 1 heterocycles. The molecule has 0 aromatic carbocycles. The van der Waals surface area contributed by atoms with Gasteiger partial charge in [0.25, 0.3) is 0 Å². The van der Waals surface area contributed by atoms with Gasteiger partial charge in [-0.2, -0.15) is 0 Å². The summed E-state index contributed by atoms with van der Waals surface area (Å²) in [5, 5.41) is 3.48. The molecule has 1 rings (SSSR count). The Labute approximate surface area is 117 Å². The predicted molar refractivity (Wildman–Crippen MR) is 79.1 cm³/mol. The van der Waals surface area contributed by atoms with Crippen LogP contribution in [0.25, 0.3) is 0 Å². The average Bonchev–Trinajstić information content (AvgIpc) is 2.43. The number of nitrogens with one attached hydrogen (secondary N) is 1. The summed E-state index contributed by atoms with van der Waals surface area (Å²) in [5.41, 5.74) is 1.31. The highest BCUT2D eigenvalue weighted by atomic mass is 16.5. The van der Waals surface area contributed by atoms with E-state index in [-0.39, 0.29) is 0 Å². The van der Waals surface area contributed by atoms with Gasteiger partial charge in [-0.1, -0.05) is 0 Å². The molecule has 0 radical (unpaired) electrons. The van der Waals surface area contributed by atoms with Crippen LogP contribution in [0.3, 0.4) is 0 Å². The van der Waals surface area contributed by atoms with Crippen molar-refractivity contribution in [1.82, 2.24) is 15.2 Å². The molecule has 0 aliphatic rings. The van der Waals surface area contributed by atoms with Gasteiger partial charge in [0.1, 0.15) is 0 Å². The molecule has 0 saturated heterocycles. The van der Waals surface area contributed by atoms with Crippen molar-refractivity contribution in [3.63, 3.8) is 0 Å². The quantitative estimate of drug-likeness (QED) is 0.656. The number of rotatable bonds is 10. The second-order valence-electron chi connectivity index (χ2n) is 4.87. The minimum Gasteiger partial charge on any atom is -0.382 e. The lowest BCUT2D eigenvalue weighted by Gasteiger charge is -2.25. The highest BCUT2D eigenvalue weighted by molar-refractivity contribution is 5.09. The lowest BCUT2D eigenvalue weighted by atomic mass is 10.2.